The minimum absolute atomic E-state index is 0.270. The molecule has 0 radical (unpaired) electrons. The normalized spacial score (nSPS) is 18.7. The molecule has 1 saturated heterocycles. The van der Waals surface area contributed by atoms with Crippen molar-refractivity contribution in [3.05, 3.63) is 35.9 Å². The van der Waals surface area contributed by atoms with Gasteiger partial charge in [-0.1, -0.05) is 30.3 Å². The molecule has 0 spiro atoms. The van der Waals surface area contributed by atoms with E-state index in [-0.39, 0.29) is 5.54 Å². The minimum atomic E-state index is 0.270. The molecule has 19 heavy (non-hydrogen) atoms. The topological polar surface area (TPSA) is 29.3 Å². The molecule has 0 aliphatic carbocycles. The lowest BCUT2D eigenvalue weighted by atomic mass is 9.87. The van der Waals surface area contributed by atoms with Crippen LogP contribution in [0.3, 0.4) is 0 Å². The molecule has 0 bridgehead atoms. The van der Waals surface area contributed by atoms with Gasteiger partial charge in [0.05, 0.1) is 0 Å². The van der Waals surface area contributed by atoms with Gasteiger partial charge in [0.15, 0.2) is 0 Å². The zero-order valence-electron chi connectivity index (χ0n) is 12.4. The lowest BCUT2D eigenvalue weighted by Crippen LogP contribution is -2.49. The van der Waals surface area contributed by atoms with Crippen LogP contribution in [0.15, 0.2) is 30.3 Å². The summed E-state index contributed by atoms with van der Waals surface area (Å²) >= 11 is 0. The summed E-state index contributed by atoms with van der Waals surface area (Å²) < 4.78 is 0. The number of likely N-dealkylation sites (tertiary alicyclic amines) is 1. The molecule has 0 atom stereocenters. The summed E-state index contributed by atoms with van der Waals surface area (Å²) in [7, 11) is 0. The highest BCUT2D eigenvalue weighted by molar-refractivity contribution is 5.15. The van der Waals surface area contributed by atoms with Gasteiger partial charge in [-0.3, -0.25) is 4.90 Å². The highest BCUT2D eigenvalue weighted by atomic mass is 15.2. The third-order valence-electron chi connectivity index (χ3n) is 4.59. The van der Waals surface area contributed by atoms with E-state index < -0.39 is 0 Å². The Kier molecular flexibility index (Phi) is 5.00. The van der Waals surface area contributed by atoms with Gasteiger partial charge in [-0.2, -0.15) is 0 Å². The summed E-state index contributed by atoms with van der Waals surface area (Å²) in [6.07, 6.45) is 4.98. The smallest absolute Gasteiger partial charge is 0.0165 e. The lowest BCUT2D eigenvalue weighted by Gasteiger charge is -2.43. The SMILES string of the molecule is CC(C)(CCN)N1CCC(Cc2ccccc2)CC1. The van der Waals surface area contributed by atoms with E-state index in [9.17, 15) is 0 Å². The molecule has 106 valence electrons. The Morgan fingerprint density at radius 2 is 1.79 bits per heavy atom. The fraction of sp³-hybridized carbons (Fsp3) is 0.647. The Balaban J connectivity index is 1.82. The van der Waals surface area contributed by atoms with Crippen molar-refractivity contribution < 1.29 is 0 Å². The van der Waals surface area contributed by atoms with Crippen molar-refractivity contribution in [1.29, 1.82) is 0 Å². The molecule has 0 aromatic heterocycles. The van der Waals surface area contributed by atoms with E-state index >= 15 is 0 Å². The Morgan fingerprint density at radius 3 is 2.37 bits per heavy atom. The van der Waals surface area contributed by atoms with E-state index in [1.807, 2.05) is 0 Å². The number of piperidine rings is 1. The second-order valence-electron chi connectivity index (χ2n) is 6.47. The Morgan fingerprint density at radius 1 is 1.16 bits per heavy atom. The quantitative estimate of drug-likeness (QED) is 0.881. The average Bonchev–Trinajstić information content (AvgIpc) is 2.40. The molecule has 2 nitrogen and oxygen atoms in total. The number of rotatable bonds is 5. The maximum absolute atomic E-state index is 5.72. The van der Waals surface area contributed by atoms with Crippen LogP contribution in [-0.2, 0) is 6.42 Å². The molecule has 1 heterocycles. The van der Waals surface area contributed by atoms with Crippen molar-refractivity contribution in [2.45, 2.75) is 45.1 Å². The summed E-state index contributed by atoms with van der Waals surface area (Å²) in [5.74, 6) is 0.854. The van der Waals surface area contributed by atoms with Crippen molar-refractivity contribution in [3.63, 3.8) is 0 Å². The van der Waals surface area contributed by atoms with Gasteiger partial charge >= 0.3 is 0 Å². The van der Waals surface area contributed by atoms with Crippen LogP contribution >= 0.6 is 0 Å². The predicted molar refractivity (Wildman–Crippen MR) is 82.2 cm³/mol. The number of benzene rings is 1. The molecule has 0 unspecified atom stereocenters. The highest BCUT2D eigenvalue weighted by Crippen LogP contribution is 2.27. The van der Waals surface area contributed by atoms with E-state index in [0.717, 1.165) is 18.9 Å². The molecule has 1 aliphatic heterocycles. The van der Waals surface area contributed by atoms with Gasteiger partial charge in [-0.05, 0) is 70.6 Å². The highest BCUT2D eigenvalue weighted by Gasteiger charge is 2.29. The van der Waals surface area contributed by atoms with Crippen LogP contribution in [0.4, 0.5) is 0 Å². The largest absolute Gasteiger partial charge is 0.330 e. The number of hydrogen-bond donors (Lipinski definition) is 1. The van der Waals surface area contributed by atoms with Crippen molar-refractivity contribution in [2.24, 2.45) is 11.7 Å². The molecule has 1 aromatic rings. The third-order valence-corrected chi connectivity index (χ3v) is 4.59. The number of hydrogen-bond acceptors (Lipinski definition) is 2. The van der Waals surface area contributed by atoms with Crippen molar-refractivity contribution in [2.75, 3.05) is 19.6 Å². The maximum Gasteiger partial charge on any atom is 0.0165 e. The standard InChI is InChI=1S/C17H28N2/c1-17(2,10-11-18)19-12-8-16(9-13-19)14-15-6-4-3-5-7-15/h3-7,16H,8-14,18H2,1-2H3. The maximum atomic E-state index is 5.72. The molecule has 0 saturated carbocycles. The number of nitrogens with two attached hydrogens (primary N) is 1. The average molecular weight is 260 g/mol. The molecule has 1 fully saturated rings. The molecular weight excluding hydrogens is 232 g/mol. The van der Waals surface area contributed by atoms with Crippen molar-refractivity contribution in [3.8, 4) is 0 Å². The first-order chi connectivity index (χ1) is 9.12. The molecule has 0 amide bonds. The Hall–Kier alpha value is -0.860. The number of nitrogens with zero attached hydrogens (tertiary/aromatic N) is 1. The zero-order valence-corrected chi connectivity index (χ0v) is 12.4. The lowest BCUT2D eigenvalue weighted by molar-refractivity contribution is 0.0701. The summed E-state index contributed by atoms with van der Waals surface area (Å²) in [6, 6.07) is 10.9. The van der Waals surface area contributed by atoms with Crippen LogP contribution in [0.5, 0.6) is 0 Å². The molecule has 1 aromatic carbocycles. The third kappa shape index (κ3) is 4.05. The second-order valence-corrected chi connectivity index (χ2v) is 6.47. The van der Waals surface area contributed by atoms with Crippen LogP contribution in [0.2, 0.25) is 0 Å². The van der Waals surface area contributed by atoms with E-state index in [1.54, 1.807) is 0 Å². The first-order valence-corrected chi connectivity index (χ1v) is 7.61. The van der Waals surface area contributed by atoms with Gasteiger partial charge in [0.2, 0.25) is 0 Å². The van der Waals surface area contributed by atoms with E-state index in [2.05, 4.69) is 49.1 Å². The molecule has 2 N–H and O–H groups in total. The minimum Gasteiger partial charge on any atom is -0.330 e. The van der Waals surface area contributed by atoms with Crippen LogP contribution in [0, 0.1) is 5.92 Å². The van der Waals surface area contributed by atoms with Gasteiger partial charge in [-0.15, -0.1) is 0 Å². The summed E-state index contributed by atoms with van der Waals surface area (Å²) in [5, 5.41) is 0. The summed E-state index contributed by atoms with van der Waals surface area (Å²) in [6.45, 7) is 7.90. The van der Waals surface area contributed by atoms with Gasteiger partial charge in [-0.25, -0.2) is 0 Å². The fourth-order valence-corrected chi connectivity index (χ4v) is 3.20. The van der Waals surface area contributed by atoms with E-state index in [4.69, 9.17) is 5.73 Å². The first-order valence-electron chi connectivity index (χ1n) is 7.61. The monoisotopic (exact) mass is 260 g/mol. The molecule has 2 heteroatoms. The molecular formula is C17H28N2. The van der Waals surface area contributed by atoms with Gasteiger partial charge in [0, 0.05) is 5.54 Å². The van der Waals surface area contributed by atoms with Gasteiger partial charge in [0.25, 0.3) is 0 Å². The van der Waals surface area contributed by atoms with Gasteiger partial charge in [0.1, 0.15) is 0 Å². The van der Waals surface area contributed by atoms with Crippen molar-refractivity contribution >= 4 is 0 Å². The second kappa shape index (κ2) is 6.53. The van der Waals surface area contributed by atoms with Gasteiger partial charge < -0.3 is 5.73 Å². The van der Waals surface area contributed by atoms with E-state index in [1.165, 1.54) is 37.9 Å². The summed E-state index contributed by atoms with van der Waals surface area (Å²) in [4.78, 5) is 2.63. The van der Waals surface area contributed by atoms with Crippen LogP contribution in [0.1, 0.15) is 38.7 Å². The first kappa shape index (κ1) is 14.5. The van der Waals surface area contributed by atoms with Crippen LogP contribution < -0.4 is 5.73 Å². The van der Waals surface area contributed by atoms with Crippen LogP contribution in [0.25, 0.3) is 0 Å². The van der Waals surface area contributed by atoms with E-state index in [0.29, 0.717) is 0 Å². The zero-order chi connectivity index (χ0) is 13.7. The Bertz CT molecular complexity index is 364. The summed E-state index contributed by atoms with van der Waals surface area (Å²) in [5.41, 5.74) is 7.48. The van der Waals surface area contributed by atoms with Crippen molar-refractivity contribution in [1.82, 2.24) is 4.90 Å². The Labute approximate surface area is 118 Å². The predicted octanol–water partition coefficient (Wildman–Crippen LogP) is 3.07. The fourth-order valence-electron chi connectivity index (χ4n) is 3.20. The molecule has 2 rings (SSSR count). The van der Waals surface area contributed by atoms with Crippen LogP contribution in [-0.4, -0.2) is 30.1 Å². The molecule has 1 aliphatic rings.